The first-order valence-electron chi connectivity index (χ1n) is 5.97. The van der Waals surface area contributed by atoms with Crippen LogP contribution in [0.15, 0.2) is 6.07 Å². The minimum absolute atomic E-state index is 0.668. The van der Waals surface area contributed by atoms with Crippen molar-refractivity contribution < 1.29 is 4.74 Å². The van der Waals surface area contributed by atoms with Crippen LogP contribution in [0, 0.1) is 6.92 Å². The second kappa shape index (κ2) is 4.29. The molecule has 0 saturated heterocycles. The van der Waals surface area contributed by atoms with Gasteiger partial charge in [0.1, 0.15) is 11.3 Å². The van der Waals surface area contributed by atoms with E-state index >= 15 is 0 Å². The number of hydrogen-bond acceptors (Lipinski definition) is 2. The number of ether oxygens (including phenoxy) is 1. The van der Waals surface area contributed by atoms with Crippen LogP contribution in [0.2, 0.25) is 10.0 Å². The Bertz CT molecular complexity index is 652. The topological polar surface area (TPSA) is 22.1 Å². The van der Waals surface area contributed by atoms with Crippen LogP contribution in [0.1, 0.15) is 23.2 Å². The maximum atomic E-state index is 6.54. The van der Waals surface area contributed by atoms with Crippen LogP contribution in [-0.2, 0) is 12.8 Å². The van der Waals surface area contributed by atoms with Gasteiger partial charge in [-0.15, -0.1) is 0 Å². The number of pyridine rings is 1. The molecular weight excluding hydrogens is 269 g/mol. The number of methoxy groups -OCH3 is 1. The lowest BCUT2D eigenvalue weighted by molar-refractivity contribution is 0.419. The lowest BCUT2D eigenvalue weighted by Gasteiger charge is -2.13. The predicted molar refractivity (Wildman–Crippen MR) is 75.1 cm³/mol. The molecule has 0 N–H and O–H groups in total. The molecule has 0 atom stereocenters. The molecule has 1 heterocycles. The molecule has 3 rings (SSSR count). The average molecular weight is 282 g/mol. The second-order valence-corrected chi connectivity index (χ2v) is 5.40. The summed E-state index contributed by atoms with van der Waals surface area (Å²) < 4.78 is 5.37. The minimum atomic E-state index is 0.668. The molecule has 0 bridgehead atoms. The maximum absolute atomic E-state index is 6.54. The van der Waals surface area contributed by atoms with E-state index in [1.54, 1.807) is 7.11 Å². The average Bonchev–Trinajstić information content (AvgIpc) is 2.82. The molecule has 0 amide bonds. The number of aryl methyl sites for hydroxylation is 2. The van der Waals surface area contributed by atoms with Gasteiger partial charge in [-0.25, -0.2) is 4.98 Å². The van der Waals surface area contributed by atoms with Crippen LogP contribution in [0.25, 0.3) is 10.9 Å². The summed E-state index contributed by atoms with van der Waals surface area (Å²) in [4.78, 5) is 4.72. The van der Waals surface area contributed by atoms with Gasteiger partial charge >= 0.3 is 0 Å². The Balaban J connectivity index is 2.49. The molecule has 2 nitrogen and oxygen atoms in total. The number of hydrogen-bond donors (Lipinski definition) is 0. The highest BCUT2D eigenvalue weighted by atomic mass is 35.5. The maximum Gasteiger partial charge on any atom is 0.146 e. The largest absolute Gasteiger partial charge is 0.494 e. The normalized spacial score (nSPS) is 14.0. The van der Waals surface area contributed by atoms with Gasteiger partial charge in [0.05, 0.1) is 12.1 Å². The molecule has 0 aliphatic heterocycles. The highest BCUT2D eigenvalue weighted by Crippen LogP contribution is 2.40. The molecular formula is C14H13Cl2NO. The Morgan fingerprint density at radius 1 is 1.28 bits per heavy atom. The summed E-state index contributed by atoms with van der Waals surface area (Å²) in [5.74, 6) is 0.692. The zero-order valence-electron chi connectivity index (χ0n) is 10.3. The van der Waals surface area contributed by atoms with Crippen LogP contribution in [0.5, 0.6) is 5.75 Å². The third-order valence-corrected chi connectivity index (χ3v) is 4.41. The molecule has 1 aromatic carbocycles. The number of benzene rings is 1. The SMILES string of the molecule is COc1cc(Cl)c(C)c2c(Cl)c3c(nc12)CCC3. The van der Waals surface area contributed by atoms with Crippen molar-refractivity contribution in [2.45, 2.75) is 26.2 Å². The van der Waals surface area contributed by atoms with Crippen molar-refractivity contribution in [1.82, 2.24) is 4.98 Å². The van der Waals surface area contributed by atoms with Crippen molar-refractivity contribution in [3.63, 3.8) is 0 Å². The van der Waals surface area contributed by atoms with Crippen molar-refractivity contribution in [2.24, 2.45) is 0 Å². The summed E-state index contributed by atoms with van der Waals surface area (Å²) in [7, 11) is 1.63. The molecule has 0 spiro atoms. The number of aromatic nitrogens is 1. The van der Waals surface area contributed by atoms with E-state index in [-0.39, 0.29) is 0 Å². The number of nitrogens with zero attached hydrogens (tertiary/aromatic N) is 1. The molecule has 1 aromatic heterocycles. The lowest BCUT2D eigenvalue weighted by Crippen LogP contribution is -1.97. The molecule has 18 heavy (non-hydrogen) atoms. The lowest BCUT2D eigenvalue weighted by atomic mass is 10.0. The van der Waals surface area contributed by atoms with Crippen molar-refractivity contribution in [2.75, 3.05) is 7.11 Å². The zero-order chi connectivity index (χ0) is 12.9. The summed E-state index contributed by atoms with van der Waals surface area (Å²) in [6.07, 6.45) is 3.12. The first kappa shape index (κ1) is 12.1. The number of fused-ring (bicyclic) bond motifs is 2. The van der Waals surface area contributed by atoms with Crippen LogP contribution >= 0.6 is 23.2 Å². The molecule has 1 aliphatic carbocycles. The predicted octanol–water partition coefficient (Wildman–Crippen LogP) is 4.35. The van der Waals surface area contributed by atoms with E-state index in [0.717, 1.165) is 46.4 Å². The van der Waals surface area contributed by atoms with Gasteiger partial charge in [0.2, 0.25) is 0 Å². The third-order valence-electron chi connectivity index (χ3n) is 3.60. The highest BCUT2D eigenvalue weighted by molar-refractivity contribution is 6.38. The van der Waals surface area contributed by atoms with E-state index in [9.17, 15) is 0 Å². The minimum Gasteiger partial charge on any atom is -0.494 e. The van der Waals surface area contributed by atoms with Crippen molar-refractivity contribution in [1.29, 1.82) is 0 Å². The van der Waals surface area contributed by atoms with Crippen LogP contribution in [-0.4, -0.2) is 12.1 Å². The molecule has 0 fully saturated rings. The quantitative estimate of drug-likeness (QED) is 0.775. The van der Waals surface area contributed by atoms with Gasteiger partial charge < -0.3 is 4.74 Å². The first-order valence-corrected chi connectivity index (χ1v) is 6.73. The summed E-state index contributed by atoms with van der Waals surface area (Å²) in [6, 6.07) is 1.81. The first-order chi connectivity index (χ1) is 8.63. The summed E-state index contributed by atoms with van der Waals surface area (Å²) in [5, 5.41) is 2.40. The fraction of sp³-hybridized carbons (Fsp3) is 0.357. The number of rotatable bonds is 1. The fourth-order valence-electron chi connectivity index (χ4n) is 2.62. The third kappa shape index (κ3) is 1.59. The van der Waals surface area contributed by atoms with E-state index in [1.165, 1.54) is 5.56 Å². The van der Waals surface area contributed by atoms with Gasteiger partial charge in [0.15, 0.2) is 0 Å². The Morgan fingerprint density at radius 3 is 2.78 bits per heavy atom. The summed E-state index contributed by atoms with van der Waals surface area (Å²) in [5.41, 5.74) is 4.08. The fourth-order valence-corrected chi connectivity index (χ4v) is 3.25. The van der Waals surface area contributed by atoms with E-state index in [0.29, 0.717) is 10.8 Å². The van der Waals surface area contributed by atoms with Crippen molar-refractivity contribution in [3.05, 3.63) is 32.9 Å². The Labute approximate surface area is 116 Å². The Hall–Kier alpha value is -0.990. The summed E-state index contributed by atoms with van der Waals surface area (Å²) >= 11 is 12.8. The molecule has 4 heteroatoms. The number of halogens is 2. The Kier molecular flexibility index (Phi) is 2.87. The zero-order valence-corrected chi connectivity index (χ0v) is 11.8. The van der Waals surface area contributed by atoms with E-state index in [4.69, 9.17) is 32.9 Å². The molecule has 94 valence electrons. The monoisotopic (exact) mass is 281 g/mol. The molecule has 2 aromatic rings. The van der Waals surface area contributed by atoms with Crippen molar-refractivity contribution >= 4 is 34.1 Å². The summed E-state index contributed by atoms with van der Waals surface area (Å²) in [6.45, 7) is 1.97. The van der Waals surface area contributed by atoms with E-state index in [2.05, 4.69) is 0 Å². The second-order valence-electron chi connectivity index (χ2n) is 4.61. The van der Waals surface area contributed by atoms with Gasteiger partial charge in [-0.05, 0) is 37.3 Å². The van der Waals surface area contributed by atoms with Gasteiger partial charge in [0, 0.05) is 22.2 Å². The van der Waals surface area contributed by atoms with Crippen LogP contribution in [0.4, 0.5) is 0 Å². The molecule has 0 unspecified atom stereocenters. The smallest absolute Gasteiger partial charge is 0.146 e. The van der Waals surface area contributed by atoms with Crippen molar-refractivity contribution in [3.8, 4) is 5.75 Å². The molecule has 0 radical (unpaired) electrons. The van der Waals surface area contributed by atoms with E-state index < -0.39 is 0 Å². The molecule has 0 saturated carbocycles. The van der Waals surface area contributed by atoms with Crippen LogP contribution in [0.3, 0.4) is 0 Å². The van der Waals surface area contributed by atoms with Gasteiger partial charge in [-0.1, -0.05) is 23.2 Å². The Morgan fingerprint density at radius 2 is 2.06 bits per heavy atom. The molecule has 1 aliphatic rings. The standard InChI is InChI=1S/C14H13Cl2NO/c1-7-9(15)6-11(18-2)14-12(7)13(16)8-4-3-5-10(8)17-14/h6H,3-5H2,1-2H3. The van der Waals surface area contributed by atoms with E-state index in [1.807, 2.05) is 13.0 Å². The highest BCUT2D eigenvalue weighted by Gasteiger charge is 2.22. The van der Waals surface area contributed by atoms with Gasteiger partial charge in [0.25, 0.3) is 0 Å². The van der Waals surface area contributed by atoms with Gasteiger partial charge in [-0.3, -0.25) is 0 Å². The van der Waals surface area contributed by atoms with Gasteiger partial charge in [-0.2, -0.15) is 0 Å². The van der Waals surface area contributed by atoms with Crippen LogP contribution < -0.4 is 4.74 Å².